The van der Waals surface area contributed by atoms with Gasteiger partial charge in [-0.15, -0.1) is 13.2 Å². The lowest BCUT2D eigenvalue weighted by Crippen LogP contribution is -2.34. The van der Waals surface area contributed by atoms with Gasteiger partial charge in [0.05, 0.1) is 19.1 Å². The molecule has 1 unspecified atom stereocenters. The summed E-state index contributed by atoms with van der Waals surface area (Å²) < 4.78 is 4.76. The van der Waals surface area contributed by atoms with Gasteiger partial charge >= 0.3 is 5.97 Å². The van der Waals surface area contributed by atoms with E-state index in [4.69, 9.17) is 4.74 Å². The molecular formula is C12H21NO3. The van der Waals surface area contributed by atoms with E-state index in [-0.39, 0.29) is 12.4 Å². The van der Waals surface area contributed by atoms with Crippen LogP contribution in [0.3, 0.4) is 0 Å². The van der Waals surface area contributed by atoms with Crippen LogP contribution in [0.5, 0.6) is 0 Å². The van der Waals surface area contributed by atoms with Crippen LogP contribution in [0.2, 0.25) is 0 Å². The molecule has 0 saturated heterocycles. The van der Waals surface area contributed by atoms with Crippen LogP contribution in [0, 0.1) is 0 Å². The maximum absolute atomic E-state index is 11.1. The minimum atomic E-state index is -0.709. The number of rotatable bonds is 9. The number of hydrogen-bond donors (Lipinski definition) is 1. The second-order valence-electron chi connectivity index (χ2n) is 3.46. The van der Waals surface area contributed by atoms with Gasteiger partial charge in [-0.05, 0) is 6.92 Å². The van der Waals surface area contributed by atoms with Gasteiger partial charge in [0.15, 0.2) is 0 Å². The van der Waals surface area contributed by atoms with Crippen molar-refractivity contribution in [3.8, 4) is 0 Å². The van der Waals surface area contributed by atoms with Gasteiger partial charge in [-0.2, -0.15) is 0 Å². The number of aliphatic hydroxyl groups excluding tert-OH is 1. The Balaban J connectivity index is 3.97. The van der Waals surface area contributed by atoms with E-state index in [2.05, 4.69) is 13.2 Å². The van der Waals surface area contributed by atoms with Crippen LogP contribution in [0.25, 0.3) is 0 Å². The number of carbonyl (C=O) groups excluding carboxylic acids is 1. The Labute approximate surface area is 97.2 Å². The number of carbonyl (C=O) groups is 1. The first-order valence-electron chi connectivity index (χ1n) is 5.41. The standard InChI is InChI=1S/C12H21NO3/c1-4-7-13(8-5-2)10-11(14)9-12(15)16-6-3/h4-5,11,14H,1-2,6-10H2,3H3. The van der Waals surface area contributed by atoms with Crippen molar-refractivity contribution < 1.29 is 14.6 Å². The molecule has 16 heavy (non-hydrogen) atoms. The van der Waals surface area contributed by atoms with Gasteiger partial charge in [-0.25, -0.2) is 0 Å². The van der Waals surface area contributed by atoms with Crippen molar-refractivity contribution in [2.75, 3.05) is 26.2 Å². The van der Waals surface area contributed by atoms with E-state index in [1.165, 1.54) is 0 Å². The molecule has 0 fully saturated rings. The van der Waals surface area contributed by atoms with Crippen molar-refractivity contribution in [1.29, 1.82) is 0 Å². The lowest BCUT2D eigenvalue weighted by atomic mass is 10.2. The highest BCUT2D eigenvalue weighted by Crippen LogP contribution is 1.99. The molecule has 0 saturated carbocycles. The molecule has 0 aromatic carbocycles. The van der Waals surface area contributed by atoms with Crippen LogP contribution < -0.4 is 0 Å². The maximum atomic E-state index is 11.1. The summed E-state index contributed by atoms with van der Waals surface area (Å²) in [5.74, 6) is -0.368. The third-order valence-corrected chi connectivity index (χ3v) is 1.95. The number of nitrogens with zero attached hydrogens (tertiary/aromatic N) is 1. The zero-order valence-corrected chi connectivity index (χ0v) is 9.89. The van der Waals surface area contributed by atoms with E-state index in [1.54, 1.807) is 19.1 Å². The van der Waals surface area contributed by atoms with E-state index in [9.17, 15) is 9.90 Å². The lowest BCUT2D eigenvalue weighted by molar-refractivity contribution is -0.145. The Morgan fingerprint density at radius 1 is 1.44 bits per heavy atom. The second-order valence-corrected chi connectivity index (χ2v) is 3.46. The molecule has 0 bridgehead atoms. The third-order valence-electron chi connectivity index (χ3n) is 1.95. The van der Waals surface area contributed by atoms with Crippen LogP contribution in [-0.4, -0.2) is 48.3 Å². The van der Waals surface area contributed by atoms with E-state index in [0.29, 0.717) is 26.2 Å². The molecule has 4 heteroatoms. The third kappa shape index (κ3) is 7.20. The van der Waals surface area contributed by atoms with Gasteiger partial charge in [0.1, 0.15) is 0 Å². The lowest BCUT2D eigenvalue weighted by Gasteiger charge is -2.21. The molecule has 0 rings (SSSR count). The van der Waals surface area contributed by atoms with E-state index >= 15 is 0 Å². The second kappa shape index (κ2) is 9.12. The van der Waals surface area contributed by atoms with E-state index in [0.717, 1.165) is 0 Å². The zero-order chi connectivity index (χ0) is 12.4. The SMILES string of the molecule is C=CCN(CC=C)CC(O)CC(=O)OCC. The minimum absolute atomic E-state index is 0.0264. The van der Waals surface area contributed by atoms with Crippen LogP contribution >= 0.6 is 0 Å². The number of ether oxygens (including phenoxy) is 1. The Morgan fingerprint density at radius 3 is 2.44 bits per heavy atom. The first-order valence-corrected chi connectivity index (χ1v) is 5.41. The first kappa shape index (κ1) is 14.9. The van der Waals surface area contributed by atoms with Gasteiger partial charge in [0.2, 0.25) is 0 Å². The highest BCUT2D eigenvalue weighted by atomic mass is 16.5. The maximum Gasteiger partial charge on any atom is 0.308 e. The molecule has 0 aliphatic carbocycles. The minimum Gasteiger partial charge on any atom is -0.466 e. The predicted molar refractivity (Wildman–Crippen MR) is 64.1 cm³/mol. The summed E-state index contributed by atoms with van der Waals surface area (Å²) in [5, 5.41) is 9.66. The molecule has 0 aliphatic rings. The average Bonchev–Trinajstić information content (AvgIpc) is 2.18. The van der Waals surface area contributed by atoms with Crippen molar-refractivity contribution >= 4 is 5.97 Å². The normalized spacial score (nSPS) is 12.2. The van der Waals surface area contributed by atoms with Crippen LogP contribution in [0.4, 0.5) is 0 Å². The summed E-state index contributed by atoms with van der Waals surface area (Å²) in [7, 11) is 0. The smallest absolute Gasteiger partial charge is 0.308 e. The first-order chi connectivity index (χ1) is 7.63. The highest BCUT2D eigenvalue weighted by molar-refractivity contribution is 5.69. The Bertz CT molecular complexity index is 218. The summed E-state index contributed by atoms with van der Waals surface area (Å²) in [4.78, 5) is 13.1. The Morgan fingerprint density at radius 2 is 2.00 bits per heavy atom. The summed E-state index contributed by atoms with van der Waals surface area (Å²) >= 11 is 0. The summed E-state index contributed by atoms with van der Waals surface area (Å²) in [6.45, 7) is 11.1. The monoisotopic (exact) mass is 227 g/mol. The van der Waals surface area contributed by atoms with Crippen molar-refractivity contribution in [1.82, 2.24) is 4.90 Å². The molecule has 0 radical (unpaired) electrons. The topological polar surface area (TPSA) is 49.8 Å². The van der Waals surface area contributed by atoms with Gasteiger partial charge in [-0.3, -0.25) is 9.69 Å². The van der Waals surface area contributed by atoms with Crippen molar-refractivity contribution in [2.24, 2.45) is 0 Å². The largest absolute Gasteiger partial charge is 0.466 e. The quantitative estimate of drug-likeness (QED) is 0.471. The molecule has 0 aromatic rings. The number of hydrogen-bond acceptors (Lipinski definition) is 4. The molecule has 92 valence electrons. The summed E-state index contributed by atoms with van der Waals surface area (Å²) in [6.07, 6.45) is 2.82. The van der Waals surface area contributed by atoms with Gasteiger partial charge < -0.3 is 9.84 Å². The van der Waals surface area contributed by atoms with Crippen LogP contribution in [0.1, 0.15) is 13.3 Å². The van der Waals surface area contributed by atoms with Gasteiger partial charge in [0, 0.05) is 19.6 Å². The summed E-state index contributed by atoms with van der Waals surface area (Å²) in [6, 6.07) is 0. The van der Waals surface area contributed by atoms with Crippen LogP contribution in [-0.2, 0) is 9.53 Å². The fourth-order valence-corrected chi connectivity index (χ4v) is 1.36. The molecule has 0 aliphatic heterocycles. The molecular weight excluding hydrogens is 206 g/mol. The molecule has 0 spiro atoms. The van der Waals surface area contributed by atoms with E-state index in [1.807, 2.05) is 4.90 Å². The number of aliphatic hydroxyl groups is 1. The van der Waals surface area contributed by atoms with Gasteiger partial charge in [0.25, 0.3) is 0 Å². The molecule has 0 aromatic heterocycles. The van der Waals surface area contributed by atoms with E-state index < -0.39 is 6.10 Å². The molecule has 0 heterocycles. The van der Waals surface area contributed by atoms with Crippen molar-refractivity contribution in [3.63, 3.8) is 0 Å². The predicted octanol–water partition coefficient (Wildman–Crippen LogP) is 0.974. The highest BCUT2D eigenvalue weighted by Gasteiger charge is 2.14. The fraction of sp³-hybridized carbons (Fsp3) is 0.583. The molecule has 1 atom stereocenters. The van der Waals surface area contributed by atoms with Gasteiger partial charge in [-0.1, -0.05) is 12.2 Å². The van der Waals surface area contributed by atoms with Crippen molar-refractivity contribution in [2.45, 2.75) is 19.4 Å². The van der Waals surface area contributed by atoms with Crippen LogP contribution in [0.15, 0.2) is 25.3 Å². The van der Waals surface area contributed by atoms with Crippen molar-refractivity contribution in [3.05, 3.63) is 25.3 Å². The average molecular weight is 227 g/mol. The fourth-order valence-electron chi connectivity index (χ4n) is 1.36. The Hall–Kier alpha value is -1.13. The summed E-state index contributed by atoms with van der Waals surface area (Å²) in [5.41, 5.74) is 0. The zero-order valence-electron chi connectivity index (χ0n) is 9.89. The molecule has 4 nitrogen and oxygen atoms in total. The Kier molecular flexibility index (Phi) is 8.48. The molecule has 1 N–H and O–H groups in total. The molecule has 0 amide bonds. The number of esters is 1.